The van der Waals surface area contributed by atoms with E-state index in [1.807, 2.05) is 14.0 Å². The van der Waals surface area contributed by atoms with Crippen molar-refractivity contribution in [2.45, 2.75) is 13.3 Å². The number of carbonyl (C=O) groups is 1. The third kappa shape index (κ3) is 4.55. The predicted molar refractivity (Wildman–Crippen MR) is 56.3 cm³/mol. The number of amides is 1. The molecule has 6 nitrogen and oxygen atoms in total. The van der Waals surface area contributed by atoms with Crippen LogP contribution in [0.3, 0.4) is 0 Å². The molecule has 0 aliphatic heterocycles. The van der Waals surface area contributed by atoms with Crippen LogP contribution in [0.1, 0.15) is 12.7 Å². The van der Waals surface area contributed by atoms with Crippen molar-refractivity contribution >= 4 is 5.91 Å². The molecular formula is C9H17N5O. The van der Waals surface area contributed by atoms with Crippen LogP contribution in [0.15, 0.2) is 6.33 Å². The van der Waals surface area contributed by atoms with Gasteiger partial charge in [-0.25, -0.2) is 4.98 Å². The fourth-order valence-corrected chi connectivity index (χ4v) is 1.16. The summed E-state index contributed by atoms with van der Waals surface area (Å²) in [5.41, 5.74) is 0. The Kier molecular flexibility index (Phi) is 4.76. The van der Waals surface area contributed by atoms with Crippen LogP contribution in [0.2, 0.25) is 0 Å². The average molecular weight is 211 g/mol. The smallest absolute Gasteiger partial charge is 0.233 e. The molecule has 1 heterocycles. The van der Waals surface area contributed by atoms with E-state index in [-0.39, 0.29) is 5.91 Å². The van der Waals surface area contributed by atoms with Gasteiger partial charge in [0.25, 0.3) is 0 Å². The lowest BCUT2D eigenvalue weighted by Gasteiger charge is -2.02. The first kappa shape index (κ1) is 11.6. The Morgan fingerprint density at radius 3 is 3.00 bits per heavy atom. The molecular weight excluding hydrogens is 194 g/mol. The van der Waals surface area contributed by atoms with Crippen LogP contribution in [0, 0.1) is 0 Å². The second kappa shape index (κ2) is 6.13. The van der Waals surface area contributed by atoms with Gasteiger partial charge in [-0.3, -0.25) is 9.48 Å². The van der Waals surface area contributed by atoms with Crippen LogP contribution in [0.4, 0.5) is 0 Å². The molecule has 0 saturated carbocycles. The van der Waals surface area contributed by atoms with E-state index in [2.05, 4.69) is 20.7 Å². The second-order valence-electron chi connectivity index (χ2n) is 3.21. The lowest BCUT2D eigenvalue weighted by molar-refractivity contribution is -0.120. The normalized spacial score (nSPS) is 10.3. The third-order valence-corrected chi connectivity index (χ3v) is 1.83. The summed E-state index contributed by atoms with van der Waals surface area (Å²) in [5.74, 6) is 0.812. The SMILES string of the molecule is CCNC(=O)CNCCc1ncn(C)n1. The van der Waals surface area contributed by atoms with Crippen LogP contribution in [-0.2, 0) is 18.3 Å². The first-order valence-electron chi connectivity index (χ1n) is 5.04. The Bertz CT molecular complexity index is 309. The molecule has 84 valence electrons. The van der Waals surface area contributed by atoms with Crippen LogP contribution < -0.4 is 10.6 Å². The van der Waals surface area contributed by atoms with E-state index in [4.69, 9.17) is 0 Å². The highest BCUT2D eigenvalue weighted by Crippen LogP contribution is 1.87. The summed E-state index contributed by atoms with van der Waals surface area (Å²) >= 11 is 0. The Morgan fingerprint density at radius 1 is 1.60 bits per heavy atom. The summed E-state index contributed by atoms with van der Waals surface area (Å²) in [6, 6.07) is 0. The summed E-state index contributed by atoms with van der Waals surface area (Å²) in [5, 5.41) is 9.87. The molecule has 1 rings (SSSR count). The minimum atomic E-state index is 0.0199. The van der Waals surface area contributed by atoms with E-state index in [0.29, 0.717) is 19.6 Å². The first-order valence-corrected chi connectivity index (χ1v) is 5.04. The van der Waals surface area contributed by atoms with Gasteiger partial charge in [0.15, 0.2) is 5.82 Å². The number of aryl methyl sites for hydroxylation is 1. The molecule has 6 heteroatoms. The third-order valence-electron chi connectivity index (χ3n) is 1.83. The molecule has 1 aromatic rings. The molecule has 0 aliphatic carbocycles. The molecule has 1 aromatic heterocycles. The van der Waals surface area contributed by atoms with Crippen molar-refractivity contribution in [2.75, 3.05) is 19.6 Å². The van der Waals surface area contributed by atoms with Gasteiger partial charge in [0.05, 0.1) is 6.54 Å². The zero-order valence-electron chi connectivity index (χ0n) is 9.16. The number of hydrogen-bond acceptors (Lipinski definition) is 4. The van der Waals surface area contributed by atoms with Crippen LogP contribution in [0.5, 0.6) is 0 Å². The van der Waals surface area contributed by atoms with Crippen molar-refractivity contribution in [3.05, 3.63) is 12.2 Å². The predicted octanol–water partition coefficient (Wildman–Crippen LogP) is -0.917. The monoisotopic (exact) mass is 211 g/mol. The van der Waals surface area contributed by atoms with Gasteiger partial charge >= 0.3 is 0 Å². The molecule has 2 N–H and O–H groups in total. The Balaban J connectivity index is 2.09. The van der Waals surface area contributed by atoms with E-state index in [9.17, 15) is 4.79 Å². The van der Waals surface area contributed by atoms with Gasteiger partial charge < -0.3 is 10.6 Å². The molecule has 0 radical (unpaired) electrons. The molecule has 0 aromatic carbocycles. The van der Waals surface area contributed by atoms with E-state index in [1.54, 1.807) is 11.0 Å². The zero-order chi connectivity index (χ0) is 11.1. The molecule has 0 unspecified atom stereocenters. The number of carbonyl (C=O) groups excluding carboxylic acids is 1. The standard InChI is InChI=1S/C9H17N5O/c1-3-11-9(15)6-10-5-4-8-12-7-14(2)13-8/h7,10H,3-6H2,1-2H3,(H,11,15). The summed E-state index contributed by atoms with van der Waals surface area (Å²) in [7, 11) is 1.83. The Morgan fingerprint density at radius 2 is 2.40 bits per heavy atom. The summed E-state index contributed by atoms with van der Waals surface area (Å²) in [6.45, 7) is 3.62. The van der Waals surface area contributed by atoms with Gasteiger partial charge in [-0.15, -0.1) is 0 Å². The fourth-order valence-electron chi connectivity index (χ4n) is 1.16. The van der Waals surface area contributed by atoms with Gasteiger partial charge in [-0.05, 0) is 6.92 Å². The van der Waals surface area contributed by atoms with E-state index >= 15 is 0 Å². The minimum Gasteiger partial charge on any atom is -0.355 e. The number of aromatic nitrogens is 3. The maximum atomic E-state index is 11.0. The Labute approximate surface area is 89.1 Å². The summed E-state index contributed by atoms with van der Waals surface area (Å²) < 4.78 is 1.67. The molecule has 1 amide bonds. The number of rotatable bonds is 6. The number of hydrogen-bond donors (Lipinski definition) is 2. The molecule has 0 spiro atoms. The average Bonchev–Trinajstić information content (AvgIpc) is 2.60. The first-order chi connectivity index (χ1) is 7.22. The van der Waals surface area contributed by atoms with Crippen molar-refractivity contribution in [1.82, 2.24) is 25.4 Å². The van der Waals surface area contributed by atoms with Crippen LogP contribution >= 0.6 is 0 Å². The van der Waals surface area contributed by atoms with Crippen molar-refractivity contribution in [3.8, 4) is 0 Å². The van der Waals surface area contributed by atoms with Crippen molar-refractivity contribution < 1.29 is 4.79 Å². The van der Waals surface area contributed by atoms with Crippen molar-refractivity contribution in [3.63, 3.8) is 0 Å². The van der Waals surface area contributed by atoms with Gasteiger partial charge in [0.2, 0.25) is 5.91 Å². The highest BCUT2D eigenvalue weighted by molar-refractivity contribution is 5.77. The topological polar surface area (TPSA) is 71.8 Å². The molecule has 0 atom stereocenters. The lowest BCUT2D eigenvalue weighted by Crippen LogP contribution is -2.34. The van der Waals surface area contributed by atoms with Gasteiger partial charge in [-0.1, -0.05) is 0 Å². The molecule has 0 aliphatic rings. The molecule has 0 fully saturated rings. The van der Waals surface area contributed by atoms with Crippen LogP contribution in [-0.4, -0.2) is 40.3 Å². The second-order valence-corrected chi connectivity index (χ2v) is 3.21. The minimum absolute atomic E-state index is 0.0199. The zero-order valence-corrected chi connectivity index (χ0v) is 9.16. The van der Waals surface area contributed by atoms with Crippen molar-refractivity contribution in [2.24, 2.45) is 7.05 Å². The Hall–Kier alpha value is -1.43. The molecule has 0 bridgehead atoms. The quantitative estimate of drug-likeness (QED) is 0.597. The largest absolute Gasteiger partial charge is 0.355 e. The maximum absolute atomic E-state index is 11.0. The van der Waals surface area contributed by atoms with Gasteiger partial charge in [0, 0.05) is 26.6 Å². The van der Waals surface area contributed by atoms with Crippen molar-refractivity contribution in [1.29, 1.82) is 0 Å². The number of nitrogens with one attached hydrogen (secondary N) is 2. The number of nitrogens with zero attached hydrogens (tertiary/aromatic N) is 3. The van der Waals surface area contributed by atoms with E-state index in [1.165, 1.54) is 0 Å². The summed E-state index contributed by atoms with van der Waals surface area (Å²) in [4.78, 5) is 15.1. The highest BCUT2D eigenvalue weighted by Gasteiger charge is 2.00. The molecule has 15 heavy (non-hydrogen) atoms. The van der Waals surface area contributed by atoms with Crippen LogP contribution in [0.25, 0.3) is 0 Å². The van der Waals surface area contributed by atoms with Gasteiger partial charge in [0.1, 0.15) is 6.33 Å². The number of likely N-dealkylation sites (N-methyl/N-ethyl adjacent to an activating group) is 1. The van der Waals surface area contributed by atoms with Gasteiger partial charge in [-0.2, -0.15) is 5.10 Å². The fraction of sp³-hybridized carbons (Fsp3) is 0.667. The molecule has 0 saturated heterocycles. The summed E-state index contributed by atoms with van der Waals surface area (Å²) in [6.07, 6.45) is 2.40. The lowest BCUT2D eigenvalue weighted by atomic mass is 10.4. The maximum Gasteiger partial charge on any atom is 0.233 e. The highest BCUT2D eigenvalue weighted by atomic mass is 16.1. The van der Waals surface area contributed by atoms with E-state index in [0.717, 1.165) is 12.2 Å². The van der Waals surface area contributed by atoms with E-state index < -0.39 is 0 Å².